The summed E-state index contributed by atoms with van der Waals surface area (Å²) in [6.45, 7) is 6.78. The Kier molecular flexibility index (Phi) is 6.12. The van der Waals surface area contributed by atoms with Gasteiger partial charge in [0.15, 0.2) is 0 Å². The number of hydrogen-bond donors (Lipinski definition) is 2. The van der Waals surface area contributed by atoms with Crippen molar-refractivity contribution in [3.8, 4) is 0 Å². The largest absolute Gasteiger partial charge is 0.380 e. The molecule has 0 aliphatic carbocycles. The summed E-state index contributed by atoms with van der Waals surface area (Å²) in [7, 11) is 0. The summed E-state index contributed by atoms with van der Waals surface area (Å²) in [6.07, 6.45) is 3.26. The van der Waals surface area contributed by atoms with Crippen LogP contribution in [0, 0.1) is 10.1 Å². The summed E-state index contributed by atoms with van der Waals surface area (Å²) in [5, 5.41) is 17.5. The van der Waals surface area contributed by atoms with E-state index in [4.69, 9.17) is 0 Å². The molecule has 0 saturated heterocycles. The lowest BCUT2D eigenvalue weighted by molar-refractivity contribution is -0.383. The zero-order valence-electron chi connectivity index (χ0n) is 11.9. The number of anilines is 2. The Morgan fingerprint density at radius 3 is 2.58 bits per heavy atom. The Morgan fingerprint density at radius 2 is 2.00 bits per heavy atom. The number of nitrogens with one attached hydrogen (secondary N) is 2. The van der Waals surface area contributed by atoms with Gasteiger partial charge in [-0.3, -0.25) is 10.1 Å². The van der Waals surface area contributed by atoms with Crippen LogP contribution in [-0.2, 0) is 0 Å². The van der Waals surface area contributed by atoms with E-state index in [1.165, 1.54) is 0 Å². The van der Waals surface area contributed by atoms with Crippen molar-refractivity contribution in [2.75, 3.05) is 17.2 Å². The second-order valence-electron chi connectivity index (χ2n) is 4.68. The lowest BCUT2D eigenvalue weighted by Gasteiger charge is -2.16. The Bertz CT molecular complexity index is 421. The van der Waals surface area contributed by atoms with Crippen LogP contribution in [0.1, 0.15) is 40.0 Å². The number of nitro groups is 1. The maximum absolute atomic E-state index is 11.2. The van der Waals surface area contributed by atoms with Gasteiger partial charge in [0, 0.05) is 12.6 Å². The van der Waals surface area contributed by atoms with Gasteiger partial charge in [-0.05, 0) is 32.4 Å². The standard InChI is InChI=1S/C14H23N3O2/c1-4-6-8-11(3)16-13-10-7-9-12(15-5-2)14(13)17(18)19/h7,9-11,15-16H,4-6,8H2,1-3H3. The maximum Gasteiger partial charge on any atom is 0.315 e. The van der Waals surface area contributed by atoms with Crippen molar-refractivity contribution < 1.29 is 4.92 Å². The highest BCUT2D eigenvalue weighted by atomic mass is 16.6. The number of para-hydroxylation sites is 1. The molecule has 5 nitrogen and oxygen atoms in total. The van der Waals surface area contributed by atoms with Crippen LogP contribution in [0.5, 0.6) is 0 Å². The fourth-order valence-corrected chi connectivity index (χ4v) is 2.04. The molecule has 0 aliphatic heterocycles. The van der Waals surface area contributed by atoms with E-state index in [1.807, 2.05) is 13.0 Å². The van der Waals surface area contributed by atoms with Gasteiger partial charge in [-0.25, -0.2) is 0 Å². The topological polar surface area (TPSA) is 67.2 Å². The number of hydrogen-bond acceptors (Lipinski definition) is 4. The van der Waals surface area contributed by atoms with Gasteiger partial charge in [-0.2, -0.15) is 0 Å². The monoisotopic (exact) mass is 265 g/mol. The molecule has 0 bridgehead atoms. The van der Waals surface area contributed by atoms with Gasteiger partial charge >= 0.3 is 5.69 Å². The summed E-state index contributed by atoms with van der Waals surface area (Å²) in [4.78, 5) is 10.9. The molecular formula is C14H23N3O2. The second-order valence-corrected chi connectivity index (χ2v) is 4.68. The fourth-order valence-electron chi connectivity index (χ4n) is 2.04. The third kappa shape index (κ3) is 4.43. The smallest absolute Gasteiger partial charge is 0.315 e. The van der Waals surface area contributed by atoms with E-state index in [-0.39, 0.29) is 16.7 Å². The molecule has 5 heteroatoms. The van der Waals surface area contributed by atoms with E-state index in [1.54, 1.807) is 12.1 Å². The van der Waals surface area contributed by atoms with E-state index in [2.05, 4.69) is 24.5 Å². The lowest BCUT2D eigenvalue weighted by Crippen LogP contribution is -2.16. The summed E-state index contributed by atoms with van der Waals surface area (Å²) in [5.41, 5.74) is 1.29. The first-order valence-corrected chi connectivity index (χ1v) is 6.87. The summed E-state index contributed by atoms with van der Waals surface area (Å²) in [5.74, 6) is 0. The van der Waals surface area contributed by atoms with E-state index >= 15 is 0 Å². The van der Waals surface area contributed by atoms with E-state index < -0.39 is 0 Å². The van der Waals surface area contributed by atoms with E-state index in [0.29, 0.717) is 17.9 Å². The molecule has 1 aromatic rings. The highest BCUT2D eigenvalue weighted by Gasteiger charge is 2.20. The van der Waals surface area contributed by atoms with E-state index in [0.717, 1.165) is 19.3 Å². The number of nitrogens with zero attached hydrogens (tertiary/aromatic N) is 1. The zero-order valence-corrected chi connectivity index (χ0v) is 11.9. The number of benzene rings is 1. The normalized spacial score (nSPS) is 11.9. The minimum Gasteiger partial charge on any atom is -0.380 e. The SMILES string of the molecule is CCCCC(C)Nc1cccc(NCC)c1[N+](=O)[O-]. The predicted molar refractivity (Wildman–Crippen MR) is 79.9 cm³/mol. The fraction of sp³-hybridized carbons (Fsp3) is 0.571. The first-order valence-electron chi connectivity index (χ1n) is 6.87. The van der Waals surface area contributed by atoms with Crippen LogP contribution < -0.4 is 10.6 Å². The van der Waals surface area contributed by atoms with Gasteiger partial charge in [0.05, 0.1) is 4.92 Å². The van der Waals surface area contributed by atoms with Crippen molar-refractivity contribution >= 4 is 17.1 Å². The van der Waals surface area contributed by atoms with Crippen molar-refractivity contribution in [2.24, 2.45) is 0 Å². The summed E-state index contributed by atoms with van der Waals surface area (Å²) >= 11 is 0. The zero-order chi connectivity index (χ0) is 14.3. The molecule has 0 radical (unpaired) electrons. The predicted octanol–water partition coefficient (Wildman–Crippen LogP) is 4.02. The maximum atomic E-state index is 11.2. The van der Waals surface area contributed by atoms with Gasteiger partial charge in [0.25, 0.3) is 0 Å². The van der Waals surface area contributed by atoms with Crippen molar-refractivity contribution in [3.63, 3.8) is 0 Å². The Labute approximate surface area is 114 Å². The average molecular weight is 265 g/mol. The Morgan fingerprint density at radius 1 is 1.32 bits per heavy atom. The molecule has 1 unspecified atom stereocenters. The van der Waals surface area contributed by atoms with Crippen molar-refractivity contribution in [1.29, 1.82) is 0 Å². The van der Waals surface area contributed by atoms with Crippen LogP contribution >= 0.6 is 0 Å². The van der Waals surface area contributed by atoms with Gasteiger partial charge in [-0.15, -0.1) is 0 Å². The molecule has 0 fully saturated rings. The highest BCUT2D eigenvalue weighted by molar-refractivity contribution is 5.76. The molecule has 0 heterocycles. The summed E-state index contributed by atoms with van der Waals surface area (Å²) in [6, 6.07) is 5.57. The van der Waals surface area contributed by atoms with E-state index in [9.17, 15) is 10.1 Å². The molecule has 0 amide bonds. The third-order valence-electron chi connectivity index (χ3n) is 2.98. The van der Waals surface area contributed by atoms with Crippen molar-refractivity contribution in [3.05, 3.63) is 28.3 Å². The highest BCUT2D eigenvalue weighted by Crippen LogP contribution is 2.33. The first-order chi connectivity index (χ1) is 9.10. The molecule has 1 rings (SSSR count). The summed E-state index contributed by atoms with van der Waals surface area (Å²) < 4.78 is 0. The minimum absolute atomic E-state index is 0.132. The molecule has 0 aliphatic rings. The van der Waals surface area contributed by atoms with Crippen molar-refractivity contribution in [1.82, 2.24) is 0 Å². The second kappa shape index (κ2) is 7.61. The Hall–Kier alpha value is -1.78. The molecule has 106 valence electrons. The van der Waals surface area contributed by atoms with Crippen LogP contribution in [0.15, 0.2) is 18.2 Å². The van der Waals surface area contributed by atoms with Crippen LogP contribution in [-0.4, -0.2) is 17.5 Å². The third-order valence-corrected chi connectivity index (χ3v) is 2.98. The molecule has 0 spiro atoms. The molecular weight excluding hydrogens is 242 g/mol. The van der Waals surface area contributed by atoms with Gasteiger partial charge in [0.2, 0.25) is 0 Å². The van der Waals surface area contributed by atoms with Crippen LogP contribution in [0.3, 0.4) is 0 Å². The average Bonchev–Trinajstić information content (AvgIpc) is 2.36. The van der Waals surface area contributed by atoms with Crippen LogP contribution in [0.2, 0.25) is 0 Å². The van der Waals surface area contributed by atoms with Gasteiger partial charge in [-0.1, -0.05) is 25.8 Å². The number of rotatable bonds is 8. The van der Waals surface area contributed by atoms with Crippen molar-refractivity contribution in [2.45, 2.75) is 46.1 Å². The molecule has 1 atom stereocenters. The molecule has 1 aromatic carbocycles. The first kappa shape index (κ1) is 15.3. The van der Waals surface area contributed by atoms with Crippen LogP contribution in [0.25, 0.3) is 0 Å². The number of unbranched alkanes of at least 4 members (excludes halogenated alkanes) is 1. The minimum atomic E-state index is -0.327. The Balaban J connectivity index is 2.93. The van der Waals surface area contributed by atoms with Gasteiger partial charge < -0.3 is 10.6 Å². The lowest BCUT2D eigenvalue weighted by atomic mass is 10.1. The molecule has 19 heavy (non-hydrogen) atoms. The quantitative estimate of drug-likeness (QED) is 0.550. The van der Waals surface area contributed by atoms with Crippen LogP contribution in [0.4, 0.5) is 17.1 Å². The molecule has 0 saturated carbocycles. The molecule has 2 N–H and O–H groups in total. The van der Waals surface area contributed by atoms with Gasteiger partial charge in [0.1, 0.15) is 11.4 Å². The molecule has 0 aromatic heterocycles. The number of nitro benzene ring substituents is 1.